The van der Waals surface area contributed by atoms with Crippen LogP contribution in [0.5, 0.6) is 0 Å². The van der Waals surface area contributed by atoms with Crippen molar-refractivity contribution in [1.82, 2.24) is 4.90 Å². The maximum absolute atomic E-state index is 12.7. The maximum atomic E-state index is 12.7. The van der Waals surface area contributed by atoms with E-state index in [2.05, 4.69) is 4.72 Å². The van der Waals surface area contributed by atoms with Gasteiger partial charge in [-0.2, -0.15) is 0 Å². The van der Waals surface area contributed by atoms with Crippen molar-refractivity contribution in [3.8, 4) is 0 Å². The molecular formula is C15H20N2O4S. The third-order valence-corrected chi connectivity index (χ3v) is 4.63. The van der Waals surface area contributed by atoms with Gasteiger partial charge < -0.3 is 9.64 Å². The summed E-state index contributed by atoms with van der Waals surface area (Å²) in [5.41, 5.74) is 1.03. The Bertz CT molecular complexity index is 653. The molecule has 0 aromatic heterocycles. The minimum atomic E-state index is -3.30. The Kier molecular flexibility index (Phi) is 4.10. The van der Waals surface area contributed by atoms with Gasteiger partial charge in [0.1, 0.15) is 0 Å². The highest BCUT2D eigenvalue weighted by Gasteiger charge is 2.39. The summed E-state index contributed by atoms with van der Waals surface area (Å²) in [6.07, 6.45) is 3.42. The van der Waals surface area contributed by atoms with Crippen molar-refractivity contribution in [3.63, 3.8) is 0 Å². The summed E-state index contributed by atoms with van der Waals surface area (Å²) in [6.45, 7) is 1.80. The highest BCUT2D eigenvalue weighted by Crippen LogP contribution is 2.37. The van der Waals surface area contributed by atoms with Crippen LogP contribution in [-0.2, 0) is 14.8 Å². The first-order valence-corrected chi connectivity index (χ1v) is 9.30. The molecule has 1 aliphatic carbocycles. The topological polar surface area (TPSA) is 75.7 Å². The van der Waals surface area contributed by atoms with Gasteiger partial charge in [-0.15, -0.1) is 0 Å². The summed E-state index contributed by atoms with van der Waals surface area (Å²) >= 11 is 0. The maximum Gasteiger partial charge on any atom is 0.254 e. The van der Waals surface area contributed by atoms with E-state index >= 15 is 0 Å². The Hall–Kier alpha value is -1.60. The smallest absolute Gasteiger partial charge is 0.254 e. The van der Waals surface area contributed by atoms with Gasteiger partial charge in [0, 0.05) is 17.8 Å². The predicted octanol–water partition coefficient (Wildman–Crippen LogP) is 1.31. The van der Waals surface area contributed by atoms with Crippen LogP contribution < -0.4 is 4.72 Å². The van der Waals surface area contributed by atoms with E-state index in [1.165, 1.54) is 0 Å². The average molecular weight is 324 g/mol. The summed E-state index contributed by atoms with van der Waals surface area (Å²) < 4.78 is 30.3. The number of carbonyl (C=O) groups excluding carboxylic acids is 1. The summed E-state index contributed by atoms with van der Waals surface area (Å²) in [7, 11) is -3.30. The van der Waals surface area contributed by atoms with Crippen LogP contribution in [0.1, 0.15) is 23.2 Å². The number of carbonyl (C=O) groups is 1. The van der Waals surface area contributed by atoms with E-state index in [4.69, 9.17) is 4.74 Å². The lowest BCUT2D eigenvalue weighted by Gasteiger charge is -2.36. The molecule has 120 valence electrons. The van der Waals surface area contributed by atoms with Gasteiger partial charge in [-0.3, -0.25) is 9.52 Å². The molecule has 1 aromatic rings. The Morgan fingerprint density at radius 3 is 2.55 bits per heavy atom. The van der Waals surface area contributed by atoms with Crippen LogP contribution in [0.3, 0.4) is 0 Å². The standard InChI is InChI=1S/C15H20N2O4S/c1-22(19,20)16-13-6-4-12(5-7-13)15(18)17-8-9-21-10-14(17)11-2-3-11/h4-7,11,14,16H,2-3,8-10H2,1H3. The van der Waals surface area contributed by atoms with Crippen LogP contribution in [0, 0.1) is 5.92 Å². The number of nitrogens with zero attached hydrogens (tertiary/aromatic N) is 1. The molecule has 1 amide bonds. The molecule has 6 nitrogen and oxygen atoms in total. The predicted molar refractivity (Wildman–Crippen MR) is 83.3 cm³/mol. The van der Waals surface area contributed by atoms with E-state index in [1.807, 2.05) is 4.90 Å². The number of hydrogen-bond acceptors (Lipinski definition) is 4. The van der Waals surface area contributed by atoms with Crippen molar-refractivity contribution < 1.29 is 17.9 Å². The van der Waals surface area contributed by atoms with Crippen LogP contribution >= 0.6 is 0 Å². The van der Waals surface area contributed by atoms with Crippen molar-refractivity contribution in [2.75, 3.05) is 30.7 Å². The summed E-state index contributed by atoms with van der Waals surface area (Å²) in [6, 6.07) is 6.72. The Labute approximate surface area is 130 Å². The lowest BCUT2D eigenvalue weighted by molar-refractivity contribution is -0.00834. The highest BCUT2D eigenvalue weighted by atomic mass is 32.2. The van der Waals surface area contributed by atoms with Crippen molar-refractivity contribution in [2.45, 2.75) is 18.9 Å². The molecule has 1 atom stereocenters. The van der Waals surface area contributed by atoms with Crippen molar-refractivity contribution in [3.05, 3.63) is 29.8 Å². The molecule has 3 rings (SSSR count). The van der Waals surface area contributed by atoms with Gasteiger partial charge in [-0.1, -0.05) is 0 Å². The van der Waals surface area contributed by atoms with Crippen molar-refractivity contribution >= 4 is 21.6 Å². The van der Waals surface area contributed by atoms with Crippen LogP contribution in [0.15, 0.2) is 24.3 Å². The second-order valence-corrected chi connectivity index (χ2v) is 7.68. The number of ether oxygens (including phenoxy) is 1. The first-order valence-electron chi connectivity index (χ1n) is 7.40. The third kappa shape index (κ3) is 3.59. The van der Waals surface area contributed by atoms with Crippen LogP contribution in [0.25, 0.3) is 0 Å². The molecular weight excluding hydrogens is 304 g/mol. The van der Waals surface area contributed by atoms with Gasteiger partial charge in [0.2, 0.25) is 10.0 Å². The molecule has 0 radical (unpaired) electrons. The monoisotopic (exact) mass is 324 g/mol. The molecule has 7 heteroatoms. The molecule has 0 spiro atoms. The number of amides is 1. The van der Waals surface area contributed by atoms with Gasteiger partial charge in [-0.05, 0) is 43.0 Å². The van der Waals surface area contributed by atoms with Gasteiger partial charge in [0.25, 0.3) is 5.91 Å². The molecule has 2 fully saturated rings. The van der Waals surface area contributed by atoms with E-state index < -0.39 is 10.0 Å². The summed E-state index contributed by atoms with van der Waals surface area (Å²) in [5.74, 6) is 0.557. The van der Waals surface area contributed by atoms with Gasteiger partial charge in [0.15, 0.2) is 0 Å². The van der Waals surface area contributed by atoms with E-state index in [1.54, 1.807) is 24.3 Å². The van der Waals surface area contributed by atoms with Crippen LogP contribution in [0.2, 0.25) is 0 Å². The summed E-state index contributed by atoms with van der Waals surface area (Å²) in [5, 5.41) is 0. The molecule has 1 saturated carbocycles. The SMILES string of the molecule is CS(=O)(=O)Nc1ccc(C(=O)N2CCOCC2C2CC2)cc1. The molecule has 1 N–H and O–H groups in total. The third-order valence-electron chi connectivity index (χ3n) is 4.03. The number of benzene rings is 1. The van der Waals surface area contributed by atoms with Crippen LogP contribution in [-0.4, -0.2) is 51.3 Å². The minimum Gasteiger partial charge on any atom is -0.377 e. The first-order chi connectivity index (χ1) is 10.4. The van der Waals surface area contributed by atoms with E-state index in [-0.39, 0.29) is 11.9 Å². The zero-order valence-electron chi connectivity index (χ0n) is 12.5. The fourth-order valence-corrected chi connectivity index (χ4v) is 3.37. The lowest BCUT2D eigenvalue weighted by Crippen LogP contribution is -2.49. The molecule has 1 aromatic carbocycles. The second kappa shape index (κ2) is 5.89. The first kappa shape index (κ1) is 15.3. The van der Waals surface area contributed by atoms with Gasteiger partial charge >= 0.3 is 0 Å². The number of rotatable bonds is 4. The fourth-order valence-electron chi connectivity index (χ4n) is 2.81. The molecule has 1 aliphatic heterocycles. The molecule has 22 heavy (non-hydrogen) atoms. The number of sulfonamides is 1. The number of morpholine rings is 1. The Morgan fingerprint density at radius 1 is 1.27 bits per heavy atom. The zero-order chi connectivity index (χ0) is 15.7. The Balaban J connectivity index is 1.73. The van der Waals surface area contributed by atoms with Crippen molar-refractivity contribution in [2.24, 2.45) is 5.92 Å². The number of nitrogens with one attached hydrogen (secondary N) is 1. The van der Waals surface area contributed by atoms with E-state index in [9.17, 15) is 13.2 Å². The second-order valence-electron chi connectivity index (χ2n) is 5.93. The largest absolute Gasteiger partial charge is 0.377 e. The normalized spacial score (nSPS) is 22.4. The Morgan fingerprint density at radius 2 is 1.95 bits per heavy atom. The van der Waals surface area contributed by atoms with Gasteiger partial charge in [0.05, 0.1) is 25.5 Å². The minimum absolute atomic E-state index is 0.00824. The van der Waals surface area contributed by atoms with E-state index in [0.717, 1.165) is 19.1 Å². The number of hydrogen-bond donors (Lipinski definition) is 1. The summed E-state index contributed by atoms with van der Waals surface area (Å²) in [4.78, 5) is 14.6. The van der Waals surface area contributed by atoms with Gasteiger partial charge in [-0.25, -0.2) is 8.42 Å². The fraction of sp³-hybridized carbons (Fsp3) is 0.533. The highest BCUT2D eigenvalue weighted by molar-refractivity contribution is 7.92. The van der Waals surface area contributed by atoms with Crippen LogP contribution in [0.4, 0.5) is 5.69 Å². The lowest BCUT2D eigenvalue weighted by atomic mass is 10.1. The molecule has 1 saturated heterocycles. The number of anilines is 1. The average Bonchev–Trinajstić information content (AvgIpc) is 3.30. The molecule has 2 aliphatic rings. The molecule has 1 heterocycles. The van der Waals surface area contributed by atoms with E-state index in [0.29, 0.717) is 36.9 Å². The molecule has 0 bridgehead atoms. The molecule has 1 unspecified atom stereocenters. The zero-order valence-corrected chi connectivity index (χ0v) is 13.3. The quantitative estimate of drug-likeness (QED) is 0.906. The van der Waals surface area contributed by atoms with Crippen molar-refractivity contribution in [1.29, 1.82) is 0 Å².